The maximum absolute atomic E-state index is 5.59. The number of hydrogen-bond acceptors (Lipinski definition) is 2. The van der Waals surface area contributed by atoms with Crippen LogP contribution in [-0.2, 0) is 6.42 Å². The van der Waals surface area contributed by atoms with Crippen LogP contribution >= 0.6 is 11.6 Å². The molecule has 80 valence electrons. The van der Waals surface area contributed by atoms with Crippen molar-refractivity contribution < 1.29 is 4.74 Å². The van der Waals surface area contributed by atoms with Gasteiger partial charge in [-0.05, 0) is 30.7 Å². The molecule has 0 aromatic heterocycles. The predicted molar refractivity (Wildman–Crippen MR) is 62.2 cm³/mol. The molecule has 1 aromatic rings. The number of fused-ring (bicyclic) bond motifs is 1. The number of amidine groups is 1. The first-order chi connectivity index (χ1) is 7.19. The molecule has 0 radical (unpaired) electrons. The van der Waals surface area contributed by atoms with Crippen molar-refractivity contribution in [3.05, 3.63) is 23.8 Å². The Morgan fingerprint density at radius 3 is 3.20 bits per heavy atom. The smallest absolute Gasteiger partial charge is 0.123 e. The Kier molecular flexibility index (Phi) is 2.82. The van der Waals surface area contributed by atoms with Gasteiger partial charge < -0.3 is 10.5 Å². The van der Waals surface area contributed by atoms with Crippen LogP contribution in [0.15, 0.2) is 23.2 Å². The highest BCUT2D eigenvalue weighted by Crippen LogP contribution is 2.31. The molecule has 0 amide bonds. The van der Waals surface area contributed by atoms with E-state index in [9.17, 15) is 0 Å². The Morgan fingerprint density at radius 1 is 1.67 bits per heavy atom. The minimum Gasteiger partial charge on any atom is -0.490 e. The van der Waals surface area contributed by atoms with Gasteiger partial charge in [0, 0.05) is 6.42 Å². The van der Waals surface area contributed by atoms with E-state index in [1.165, 1.54) is 5.56 Å². The number of rotatable bonds is 2. The molecule has 15 heavy (non-hydrogen) atoms. The molecule has 0 aliphatic carbocycles. The van der Waals surface area contributed by atoms with Crippen molar-refractivity contribution in [2.45, 2.75) is 19.4 Å². The molecule has 4 heteroatoms. The lowest BCUT2D eigenvalue weighted by Gasteiger charge is -2.02. The average Bonchev–Trinajstić information content (AvgIpc) is 2.57. The number of halogens is 1. The second kappa shape index (κ2) is 4.11. The van der Waals surface area contributed by atoms with Crippen LogP contribution in [0.3, 0.4) is 0 Å². The van der Waals surface area contributed by atoms with Gasteiger partial charge in [-0.15, -0.1) is 11.6 Å². The van der Waals surface area contributed by atoms with Crippen LogP contribution in [0.1, 0.15) is 12.5 Å². The molecule has 1 aliphatic heterocycles. The summed E-state index contributed by atoms with van der Waals surface area (Å²) in [5, 5.41) is 0. The zero-order valence-corrected chi connectivity index (χ0v) is 9.29. The van der Waals surface area contributed by atoms with Gasteiger partial charge >= 0.3 is 0 Å². The van der Waals surface area contributed by atoms with Crippen LogP contribution in [-0.4, -0.2) is 17.8 Å². The molecular weight excluding hydrogens is 212 g/mol. The summed E-state index contributed by atoms with van der Waals surface area (Å²) in [6.45, 7) is 2.05. The molecule has 2 N–H and O–H groups in total. The lowest BCUT2D eigenvalue weighted by molar-refractivity contribution is 0.254. The van der Waals surface area contributed by atoms with Gasteiger partial charge in [-0.25, -0.2) is 4.99 Å². The van der Waals surface area contributed by atoms with E-state index in [1.807, 2.05) is 18.2 Å². The molecule has 1 atom stereocenters. The summed E-state index contributed by atoms with van der Waals surface area (Å²) in [7, 11) is 0. The summed E-state index contributed by atoms with van der Waals surface area (Å²) < 4.78 is 5.59. The summed E-state index contributed by atoms with van der Waals surface area (Å²) in [6.07, 6.45) is 1.18. The molecule has 3 nitrogen and oxygen atoms in total. The number of alkyl halides is 1. The lowest BCUT2D eigenvalue weighted by Crippen LogP contribution is -2.12. The molecule has 0 saturated carbocycles. The van der Waals surface area contributed by atoms with Crippen molar-refractivity contribution in [3.8, 4) is 5.75 Å². The number of benzene rings is 1. The van der Waals surface area contributed by atoms with Crippen LogP contribution in [0.4, 0.5) is 5.69 Å². The monoisotopic (exact) mass is 224 g/mol. The van der Waals surface area contributed by atoms with Crippen molar-refractivity contribution in [3.63, 3.8) is 0 Å². The second-order valence-electron chi connectivity index (χ2n) is 3.66. The molecule has 1 aliphatic rings. The number of nitrogens with two attached hydrogens (primary N) is 1. The highest BCUT2D eigenvalue weighted by Gasteiger charge is 2.18. The first-order valence-electron chi connectivity index (χ1n) is 4.87. The fourth-order valence-electron chi connectivity index (χ4n) is 1.67. The first-order valence-corrected chi connectivity index (χ1v) is 5.41. The number of nitrogens with zero attached hydrogens (tertiary/aromatic N) is 1. The summed E-state index contributed by atoms with van der Waals surface area (Å²) in [5.74, 6) is 1.64. The Hall–Kier alpha value is -1.22. The molecule has 1 heterocycles. The van der Waals surface area contributed by atoms with E-state index in [-0.39, 0.29) is 12.0 Å². The highest BCUT2D eigenvalue weighted by molar-refractivity contribution is 6.28. The van der Waals surface area contributed by atoms with Gasteiger partial charge in [0.2, 0.25) is 0 Å². The van der Waals surface area contributed by atoms with Gasteiger partial charge in [0.1, 0.15) is 17.7 Å². The molecule has 0 spiro atoms. The van der Waals surface area contributed by atoms with Crippen LogP contribution in [0.5, 0.6) is 5.75 Å². The van der Waals surface area contributed by atoms with E-state index in [4.69, 9.17) is 22.1 Å². The van der Waals surface area contributed by atoms with Gasteiger partial charge in [-0.1, -0.05) is 0 Å². The number of ether oxygens (including phenoxy) is 1. The summed E-state index contributed by atoms with van der Waals surface area (Å²) in [6, 6.07) is 5.81. The Bertz CT molecular complexity index is 404. The third-order valence-electron chi connectivity index (χ3n) is 2.29. The number of hydrogen-bond donors (Lipinski definition) is 1. The van der Waals surface area contributed by atoms with E-state index in [0.29, 0.717) is 5.84 Å². The predicted octanol–water partition coefficient (Wildman–Crippen LogP) is 2.24. The van der Waals surface area contributed by atoms with Crippen LogP contribution in [0.2, 0.25) is 0 Å². The van der Waals surface area contributed by atoms with Gasteiger partial charge in [0.25, 0.3) is 0 Å². The van der Waals surface area contributed by atoms with Crippen molar-refractivity contribution in [2.24, 2.45) is 10.7 Å². The Labute approximate surface area is 93.9 Å². The van der Waals surface area contributed by atoms with Gasteiger partial charge in [-0.2, -0.15) is 0 Å². The van der Waals surface area contributed by atoms with Crippen molar-refractivity contribution >= 4 is 23.1 Å². The Morgan fingerprint density at radius 2 is 2.47 bits per heavy atom. The summed E-state index contributed by atoms with van der Waals surface area (Å²) in [4.78, 5) is 4.19. The molecule has 1 aromatic carbocycles. The zero-order valence-electron chi connectivity index (χ0n) is 8.53. The number of aliphatic imine (C=N–C) groups is 1. The van der Waals surface area contributed by atoms with E-state index in [0.717, 1.165) is 17.9 Å². The van der Waals surface area contributed by atoms with Gasteiger partial charge in [0.15, 0.2) is 0 Å². The summed E-state index contributed by atoms with van der Waals surface area (Å²) >= 11 is 5.56. The fourth-order valence-corrected chi connectivity index (χ4v) is 1.73. The second-order valence-corrected chi connectivity index (χ2v) is 3.93. The minimum absolute atomic E-state index is 0.254. The molecule has 2 rings (SSSR count). The molecule has 0 saturated heterocycles. The zero-order chi connectivity index (χ0) is 10.8. The molecule has 0 fully saturated rings. The molecule has 1 unspecified atom stereocenters. The molecular formula is C11H13ClN2O. The van der Waals surface area contributed by atoms with Crippen molar-refractivity contribution in [1.29, 1.82) is 0 Å². The van der Waals surface area contributed by atoms with E-state index < -0.39 is 0 Å². The van der Waals surface area contributed by atoms with Crippen LogP contribution in [0, 0.1) is 0 Å². The largest absolute Gasteiger partial charge is 0.490 e. The van der Waals surface area contributed by atoms with E-state index in [1.54, 1.807) is 0 Å². The normalized spacial score (nSPS) is 19.9. The topological polar surface area (TPSA) is 47.6 Å². The van der Waals surface area contributed by atoms with Crippen LogP contribution < -0.4 is 10.5 Å². The van der Waals surface area contributed by atoms with Crippen molar-refractivity contribution in [2.75, 3.05) is 5.88 Å². The average molecular weight is 225 g/mol. The third-order valence-corrected chi connectivity index (χ3v) is 2.56. The van der Waals surface area contributed by atoms with Crippen molar-refractivity contribution in [1.82, 2.24) is 0 Å². The van der Waals surface area contributed by atoms with Gasteiger partial charge in [0.05, 0.1) is 11.6 Å². The Balaban J connectivity index is 2.27. The standard InChI is InChI=1S/C11H13ClN2O/c1-7-4-8-5-9(14-11(13)6-12)2-3-10(8)15-7/h2-3,5,7H,4,6H2,1H3,(H2,13,14). The minimum atomic E-state index is 0.254. The van der Waals surface area contributed by atoms with E-state index >= 15 is 0 Å². The maximum atomic E-state index is 5.59. The third kappa shape index (κ3) is 2.23. The summed E-state index contributed by atoms with van der Waals surface area (Å²) in [5.41, 5.74) is 7.59. The lowest BCUT2D eigenvalue weighted by atomic mass is 10.1. The SMILES string of the molecule is CC1Cc2cc(N=C(N)CCl)ccc2O1. The van der Waals surface area contributed by atoms with Crippen LogP contribution in [0.25, 0.3) is 0 Å². The highest BCUT2D eigenvalue weighted by atomic mass is 35.5. The maximum Gasteiger partial charge on any atom is 0.123 e. The van der Waals surface area contributed by atoms with Gasteiger partial charge in [-0.3, -0.25) is 0 Å². The first kappa shape index (κ1) is 10.3. The van der Waals surface area contributed by atoms with E-state index in [2.05, 4.69) is 11.9 Å². The molecule has 0 bridgehead atoms. The fraction of sp³-hybridized carbons (Fsp3) is 0.364. The quantitative estimate of drug-likeness (QED) is 0.476.